The highest BCUT2D eigenvalue weighted by Crippen LogP contribution is 2.34. The molecule has 0 aromatic carbocycles. The number of piperidine rings is 1. The maximum atomic E-state index is 11.9. The number of rotatable bonds is 1. The fraction of sp³-hybridized carbons (Fsp3) is 0.923. The molecule has 0 unspecified atom stereocenters. The molecule has 3 fully saturated rings. The van der Waals surface area contributed by atoms with E-state index in [9.17, 15) is 4.79 Å². The molecule has 0 spiro atoms. The van der Waals surface area contributed by atoms with Gasteiger partial charge in [0.2, 0.25) is 0 Å². The minimum atomic E-state index is -0.392. The topological polar surface area (TPSA) is 32.8 Å². The molecule has 0 saturated carbocycles. The highest BCUT2D eigenvalue weighted by atomic mass is 16.6. The van der Waals surface area contributed by atoms with Crippen LogP contribution in [0.25, 0.3) is 0 Å². The molecule has 98 valence electrons. The monoisotopic (exact) mass is 240 g/mol. The zero-order valence-corrected chi connectivity index (χ0v) is 11.6. The van der Waals surface area contributed by atoms with Gasteiger partial charge in [-0.05, 0) is 41.0 Å². The first-order valence-electron chi connectivity index (χ1n) is 6.53. The lowest BCUT2D eigenvalue weighted by Crippen LogP contribution is -2.71. The molecule has 2 bridgehead atoms. The number of hydrogen-bond acceptors (Lipinski definition) is 3. The lowest BCUT2D eigenvalue weighted by atomic mass is 9.86. The van der Waals surface area contributed by atoms with Gasteiger partial charge < -0.3 is 9.64 Å². The van der Waals surface area contributed by atoms with Crippen LogP contribution in [0.4, 0.5) is 4.79 Å². The van der Waals surface area contributed by atoms with Crippen LogP contribution in [-0.2, 0) is 4.74 Å². The lowest BCUT2D eigenvalue weighted by Gasteiger charge is -2.58. The van der Waals surface area contributed by atoms with Crippen LogP contribution < -0.4 is 0 Å². The Morgan fingerprint density at radius 2 is 1.76 bits per heavy atom. The van der Waals surface area contributed by atoms with Gasteiger partial charge >= 0.3 is 6.09 Å². The second-order valence-corrected chi connectivity index (χ2v) is 6.47. The van der Waals surface area contributed by atoms with Gasteiger partial charge in [0.15, 0.2) is 0 Å². The summed E-state index contributed by atoms with van der Waals surface area (Å²) in [6.45, 7) is 11.8. The molecule has 17 heavy (non-hydrogen) atoms. The molecular weight excluding hydrogens is 216 g/mol. The smallest absolute Gasteiger partial charge is 0.410 e. The number of nitrogens with zero attached hydrogens (tertiary/aromatic N) is 2. The number of fused-ring (bicyclic) bond motifs is 2. The summed E-state index contributed by atoms with van der Waals surface area (Å²) in [5.41, 5.74) is -0.392. The van der Waals surface area contributed by atoms with Crippen LogP contribution in [0, 0.1) is 0 Å². The third-order valence-electron chi connectivity index (χ3n) is 3.50. The SMILES string of the molecule is CC(C)N1[C@@H]2C[C@H]1CN(C(=O)OC(C)(C)C)C2. The molecule has 3 heterocycles. The van der Waals surface area contributed by atoms with E-state index in [0.29, 0.717) is 18.1 Å². The van der Waals surface area contributed by atoms with Crippen molar-refractivity contribution in [1.82, 2.24) is 9.80 Å². The zero-order chi connectivity index (χ0) is 12.8. The number of carbonyl (C=O) groups excluding carboxylic acids is 1. The van der Waals surface area contributed by atoms with Gasteiger partial charge in [0.05, 0.1) is 0 Å². The van der Waals surface area contributed by atoms with Crippen molar-refractivity contribution in [2.45, 2.75) is 64.8 Å². The summed E-state index contributed by atoms with van der Waals surface area (Å²) in [7, 11) is 0. The average Bonchev–Trinajstić information content (AvgIpc) is 2.13. The summed E-state index contributed by atoms with van der Waals surface area (Å²) < 4.78 is 5.41. The maximum Gasteiger partial charge on any atom is 0.410 e. The van der Waals surface area contributed by atoms with Crippen molar-refractivity contribution >= 4 is 6.09 Å². The lowest BCUT2D eigenvalue weighted by molar-refractivity contribution is -0.0891. The highest BCUT2D eigenvalue weighted by molar-refractivity contribution is 5.68. The number of carbonyl (C=O) groups is 1. The molecular formula is C13H24N2O2. The molecule has 4 nitrogen and oxygen atoms in total. The number of piperazine rings is 1. The van der Waals surface area contributed by atoms with Gasteiger partial charge in [-0.15, -0.1) is 0 Å². The van der Waals surface area contributed by atoms with Gasteiger partial charge in [-0.3, -0.25) is 4.90 Å². The summed E-state index contributed by atoms with van der Waals surface area (Å²) in [6.07, 6.45) is 1.08. The fourth-order valence-corrected chi connectivity index (χ4v) is 2.96. The van der Waals surface area contributed by atoms with E-state index < -0.39 is 5.60 Å². The second-order valence-electron chi connectivity index (χ2n) is 6.47. The average molecular weight is 240 g/mol. The van der Waals surface area contributed by atoms with E-state index in [0.717, 1.165) is 13.1 Å². The molecule has 1 amide bonds. The molecule has 2 atom stereocenters. The Hall–Kier alpha value is -0.770. The molecule has 3 aliphatic rings. The normalized spacial score (nSPS) is 29.2. The third-order valence-corrected chi connectivity index (χ3v) is 3.50. The Bertz CT molecular complexity index is 297. The zero-order valence-electron chi connectivity index (χ0n) is 11.6. The molecule has 3 aliphatic heterocycles. The summed E-state index contributed by atoms with van der Waals surface area (Å²) in [4.78, 5) is 16.3. The van der Waals surface area contributed by atoms with E-state index in [1.54, 1.807) is 0 Å². The summed E-state index contributed by atoms with van der Waals surface area (Å²) in [5.74, 6) is 0. The van der Waals surface area contributed by atoms with E-state index >= 15 is 0 Å². The molecule has 0 radical (unpaired) electrons. The third kappa shape index (κ3) is 2.57. The molecule has 3 saturated heterocycles. The molecule has 3 rings (SSSR count). The van der Waals surface area contributed by atoms with Crippen LogP contribution >= 0.6 is 0 Å². The van der Waals surface area contributed by atoms with Crippen molar-refractivity contribution in [3.05, 3.63) is 0 Å². The molecule has 0 aromatic rings. The van der Waals surface area contributed by atoms with Gasteiger partial charge in [0.1, 0.15) is 5.60 Å². The van der Waals surface area contributed by atoms with Gasteiger partial charge in [-0.1, -0.05) is 0 Å². The van der Waals surface area contributed by atoms with Crippen molar-refractivity contribution in [1.29, 1.82) is 0 Å². The van der Waals surface area contributed by atoms with Gasteiger partial charge in [0, 0.05) is 31.2 Å². The molecule has 0 aromatic heterocycles. The van der Waals surface area contributed by atoms with Crippen LogP contribution in [0.15, 0.2) is 0 Å². The van der Waals surface area contributed by atoms with Crippen LogP contribution in [0.3, 0.4) is 0 Å². The minimum absolute atomic E-state index is 0.157. The first-order chi connectivity index (χ1) is 7.78. The van der Waals surface area contributed by atoms with Crippen LogP contribution in [0.5, 0.6) is 0 Å². The van der Waals surface area contributed by atoms with Crippen LogP contribution in [0.2, 0.25) is 0 Å². The quantitative estimate of drug-likeness (QED) is 0.703. The summed E-state index contributed by atoms with van der Waals surface area (Å²) >= 11 is 0. The Kier molecular flexibility index (Phi) is 3.10. The van der Waals surface area contributed by atoms with E-state index in [2.05, 4.69) is 18.7 Å². The van der Waals surface area contributed by atoms with Crippen LogP contribution in [0.1, 0.15) is 41.0 Å². The Balaban J connectivity index is 1.90. The number of ether oxygens (including phenoxy) is 1. The van der Waals surface area contributed by atoms with Crippen molar-refractivity contribution in [2.24, 2.45) is 0 Å². The largest absolute Gasteiger partial charge is 0.444 e. The standard InChI is InChI=1S/C13H24N2O2/c1-9(2)15-10-6-11(15)8-14(7-10)12(16)17-13(3,4)5/h9-11H,6-8H2,1-5H3/t10-,11+. The Morgan fingerprint density at radius 1 is 1.24 bits per heavy atom. The second kappa shape index (κ2) is 4.16. The molecule has 0 aliphatic carbocycles. The summed E-state index contributed by atoms with van der Waals surface area (Å²) in [5, 5.41) is 0. The van der Waals surface area contributed by atoms with E-state index in [1.165, 1.54) is 6.42 Å². The van der Waals surface area contributed by atoms with Gasteiger partial charge in [-0.25, -0.2) is 4.79 Å². The van der Waals surface area contributed by atoms with Crippen molar-refractivity contribution in [3.63, 3.8) is 0 Å². The predicted molar refractivity (Wildman–Crippen MR) is 67.0 cm³/mol. The van der Waals surface area contributed by atoms with Gasteiger partial charge in [0.25, 0.3) is 0 Å². The number of hydrogen-bond donors (Lipinski definition) is 0. The van der Waals surface area contributed by atoms with E-state index in [4.69, 9.17) is 4.74 Å². The van der Waals surface area contributed by atoms with Crippen molar-refractivity contribution in [3.8, 4) is 0 Å². The van der Waals surface area contributed by atoms with Crippen LogP contribution in [-0.4, -0.2) is 52.7 Å². The van der Waals surface area contributed by atoms with E-state index in [-0.39, 0.29) is 6.09 Å². The van der Waals surface area contributed by atoms with Crippen molar-refractivity contribution < 1.29 is 9.53 Å². The summed E-state index contributed by atoms with van der Waals surface area (Å²) in [6, 6.07) is 1.67. The Labute approximate surface area is 104 Å². The maximum absolute atomic E-state index is 11.9. The minimum Gasteiger partial charge on any atom is -0.444 e. The number of amides is 1. The first kappa shape index (κ1) is 12.7. The molecule has 4 heteroatoms. The van der Waals surface area contributed by atoms with Gasteiger partial charge in [-0.2, -0.15) is 0 Å². The van der Waals surface area contributed by atoms with E-state index in [1.807, 2.05) is 25.7 Å². The fourth-order valence-electron chi connectivity index (χ4n) is 2.96. The van der Waals surface area contributed by atoms with Crippen molar-refractivity contribution in [2.75, 3.05) is 13.1 Å². The first-order valence-corrected chi connectivity index (χ1v) is 6.53. The predicted octanol–water partition coefficient (Wildman–Crippen LogP) is 2.09. The Morgan fingerprint density at radius 3 is 2.18 bits per heavy atom. The highest BCUT2D eigenvalue weighted by Gasteiger charge is 2.47. The molecule has 0 N–H and O–H groups in total.